The summed E-state index contributed by atoms with van der Waals surface area (Å²) in [6.07, 6.45) is 0.423. The molecule has 0 saturated heterocycles. The van der Waals surface area contributed by atoms with Crippen LogP contribution in [0.25, 0.3) is 0 Å². The molecule has 112 valence electrons. The van der Waals surface area contributed by atoms with E-state index in [9.17, 15) is 5.11 Å². The first-order valence-electron chi connectivity index (χ1n) is 7.40. The van der Waals surface area contributed by atoms with E-state index < -0.39 is 0 Å². The zero-order valence-corrected chi connectivity index (χ0v) is 14.1. The van der Waals surface area contributed by atoms with E-state index >= 15 is 0 Å². The van der Waals surface area contributed by atoms with Crippen LogP contribution in [0.3, 0.4) is 0 Å². The number of aryl methyl sites for hydroxylation is 4. The number of rotatable bonds is 5. The van der Waals surface area contributed by atoms with Crippen molar-refractivity contribution in [2.75, 3.05) is 5.75 Å². The van der Waals surface area contributed by atoms with Gasteiger partial charge >= 0.3 is 0 Å². The molecule has 2 aromatic carbocycles. The van der Waals surface area contributed by atoms with Gasteiger partial charge in [0.25, 0.3) is 0 Å². The summed E-state index contributed by atoms with van der Waals surface area (Å²) < 4.78 is 0. The van der Waals surface area contributed by atoms with E-state index in [0.717, 1.165) is 12.2 Å². The van der Waals surface area contributed by atoms with Crippen molar-refractivity contribution in [2.45, 2.75) is 45.1 Å². The fourth-order valence-corrected chi connectivity index (χ4v) is 3.67. The van der Waals surface area contributed by atoms with Gasteiger partial charge < -0.3 is 5.11 Å². The lowest BCUT2D eigenvalue weighted by atomic mass is 9.96. The number of aliphatic hydroxyl groups is 1. The zero-order chi connectivity index (χ0) is 15.4. The normalized spacial score (nSPS) is 12.4. The second-order valence-electron chi connectivity index (χ2n) is 5.86. The van der Waals surface area contributed by atoms with Crippen molar-refractivity contribution in [3.8, 4) is 0 Å². The summed E-state index contributed by atoms with van der Waals surface area (Å²) in [6, 6.07) is 12.8. The predicted octanol–water partition coefficient (Wildman–Crippen LogP) is 4.62. The van der Waals surface area contributed by atoms with Gasteiger partial charge in [0.05, 0.1) is 6.10 Å². The Labute approximate surface area is 132 Å². The molecule has 0 heterocycles. The number of thioether (sulfide) groups is 1. The molecule has 0 aliphatic heterocycles. The number of benzene rings is 2. The van der Waals surface area contributed by atoms with Crippen molar-refractivity contribution in [2.24, 2.45) is 0 Å². The summed E-state index contributed by atoms with van der Waals surface area (Å²) in [5, 5.41) is 10.3. The maximum Gasteiger partial charge on any atom is 0.0674 e. The highest BCUT2D eigenvalue weighted by Crippen LogP contribution is 2.23. The molecule has 0 spiro atoms. The molecule has 1 nitrogen and oxygen atoms in total. The smallest absolute Gasteiger partial charge is 0.0674 e. The van der Waals surface area contributed by atoms with Crippen molar-refractivity contribution >= 4 is 11.8 Å². The van der Waals surface area contributed by atoms with Gasteiger partial charge in [-0.05, 0) is 62.9 Å². The molecule has 2 aromatic rings. The SMILES string of the molecule is Cc1cccc(SCC(O)Cc2c(C)cc(C)cc2C)c1. The summed E-state index contributed by atoms with van der Waals surface area (Å²) in [5.74, 6) is 0.732. The Hall–Kier alpha value is -1.25. The minimum absolute atomic E-state index is 0.310. The minimum atomic E-state index is -0.310. The van der Waals surface area contributed by atoms with Gasteiger partial charge in [-0.25, -0.2) is 0 Å². The summed E-state index contributed by atoms with van der Waals surface area (Å²) in [7, 11) is 0. The fourth-order valence-electron chi connectivity index (χ4n) is 2.72. The third-order valence-electron chi connectivity index (χ3n) is 3.71. The third kappa shape index (κ3) is 4.62. The second kappa shape index (κ2) is 7.15. The van der Waals surface area contributed by atoms with Crippen LogP contribution in [0.5, 0.6) is 0 Å². The number of hydrogen-bond donors (Lipinski definition) is 1. The molecule has 21 heavy (non-hydrogen) atoms. The van der Waals surface area contributed by atoms with Gasteiger partial charge in [0.15, 0.2) is 0 Å². The van der Waals surface area contributed by atoms with E-state index in [1.165, 1.54) is 32.7 Å². The first-order chi connectivity index (χ1) is 9.95. The minimum Gasteiger partial charge on any atom is -0.392 e. The number of hydrogen-bond acceptors (Lipinski definition) is 2. The Balaban J connectivity index is 1.97. The monoisotopic (exact) mass is 300 g/mol. The molecule has 1 atom stereocenters. The summed E-state index contributed by atoms with van der Waals surface area (Å²) >= 11 is 1.73. The Morgan fingerprint density at radius 2 is 1.62 bits per heavy atom. The third-order valence-corrected chi connectivity index (χ3v) is 4.85. The Morgan fingerprint density at radius 1 is 0.952 bits per heavy atom. The quantitative estimate of drug-likeness (QED) is 0.813. The first kappa shape index (κ1) is 16.1. The van der Waals surface area contributed by atoms with Crippen molar-refractivity contribution in [1.29, 1.82) is 0 Å². The highest BCUT2D eigenvalue weighted by Gasteiger charge is 2.11. The van der Waals surface area contributed by atoms with Gasteiger partial charge in [0.1, 0.15) is 0 Å². The Morgan fingerprint density at radius 3 is 2.24 bits per heavy atom. The van der Waals surface area contributed by atoms with E-state index in [1.54, 1.807) is 11.8 Å². The molecule has 0 radical (unpaired) electrons. The summed E-state index contributed by atoms with van der Waals surface area (Å²) in [4.78, 5) is 1.23. The van der Waals surface area contributed by atoms with E-state index in [1.807, 2.05) is 0 Å². The van der Waals surface area contributed by atoms with E-state index in [-0.39, 0.29) is 6.10 Å². The predicted molar refractivity (Wildman–Crippen MR) is 92.3 cm³/mol. The van der Waals surface area contributed by atoms with Crippen molar-refractivity contribution in [1.82, 2.24) is 0 Å². The van der Waals surface area contributed by atoms with Gasteiger partial charge in [-0.2, -0.15) is 0 Å². The largest absolute Gasteiger partial charge is 0.392 e. The van der Waals surface area contributed by atoms with E-state index in [0.29, 0.717) is 0 Å². The number of aliphatic hydroxyl groups excluding tert-OH is 1. The van der Waals surface area contributed by atoms with Gasteiger partial charge in [0.2, 0.25) is 0 Å². The zero-order valence-electron chi connectivity index (χ0n) is 13.3. The topological polar surface area (TPSA) is 20.2 Å². The standard InChI is InChI=1S/C19H24OS/c1-13-6-5-7-18(10-13)21-12-17(20)11-19-15(3)8-14(2)9-16(19)4/h5-10,17,20H,11-12H2,1-4H3. The maximum atomic E-state index is 10.3. The Kier molecular flexibility index (Phi) is 5.49. The molecule has 0 amide bonds. The second-order valence-corrected chi connectivity index (χ2v) is 6.96. The highest BCUT2D eigenvalue weighted by molar-refractivity contribution is 7.99. The van der Waals surface area contributed by atoms with E-state index in [2.05, 4.69) is 64.1 Å². The first-order valence-corrected chi connectivity index (χ1v) is 8.38. The highest BCUT2D eigenvalue weighted by atomic mass is 32.2. The molecule has 0 aliphatic rings. The van der Waals surface area contributed by atoms with Gasteiger partial charge in [-0.15, -0.1) is 11.8 Å². The molecular formula is C19H24OS. The molecule has 0 aliphatic carbocycles. The van der Waals surface area contributed by atoms with Crippen molar-refractivity contribution in [3.63, 3.8) is 0 Å². The van der Waals surface area contributed by atoms with Crippen LogP contribution in [0.1, 0.15) is 27.8 Å². The average Bonchev–Trinajstić information content (AvgIpc) is 2.40. The van der Waals surface area contributed by atoms with Crippen LogP contribution in [-0.4, -0.2) is 17.0 Å². The van der Waals surface area contributed by atoms with Crippen LogP contribution < -0.4 is 0 Å². The van der Waals surface area contributed by atoms with Crippen molar-refractivity contribution in [3.05, 3.63) is 64.2 Å². The molecule has 0 saturated carbocycles. The molecule has 2 rings (SSSR count). The lowest BCUT2D eigenvalue weighted by Crippen LogP contribution is -2.15. The fraction of sp³-hybridized carbons (Fsp3) is 0.368. The average molecular weight is 300 g/mol. The van der Waals surface area contributed by atoms with Gasteiger partial charge in [-0.3, -0.25) is 0 Å². The summed E-state index contributed by atoms with van der Waals surface area (Å²) in [5.41, 5.74) is 6.41. The van der Waals surface area contributed by atoms with Crippen molar-refractivity contribution < 1.29 is 5.11 Å². The van der Waals surface area contributed by atoms with Crippen LogP contribution in [0, 0.1) is 27.7 Å². The van der Waals surface area contributed by atoms with E-state index in [4.69, 9.17) is 0 Å². The van der Waals surface area contributed by atoms with Crippen LogP contribution in [0.2, 0.25) is 0 Å². The molecule has 0 fully saturated rings. The molecule has 0 bridgehead atoms. The van der Waals surface area contributed by atoms with Crippen LogP contribution >= 0.6 is 11.8 Å². The lowest BCUT2D eigenvalue weighted by molar-refractivity contribution is 0.199. The molecule has 1 N–H and O–H groups in total. The van der Waals surface area contributed by atoms with Crippen LogP contribution in [0.15, 0.2) is 41.3 Å². The van der Waals surface area contributed by atoms with Gasteiger partial charge in [-0.1, -0.05) is 35.4 Å². The Bertz CT molecular complexity index is 596. The molecular weight excluding hydrogens is 276 g/mol. The summed E-state index contributed by atoms with van der Waals surface area (Å²) in [6.45, 7) is 8.48. The van der Waals surface area contributed by atoms with Gasteiger partial charge in [0, 0.05) is 10.6 Å². The van der Waals surface area contributed by atoms with Crippen LogP contribution in [0.4, 0.5) is 0 Å². The maximum absolute atomic E-state index is 10.3. The molecule has 0 aromatic heterocycles. The lowest BCUT2D eigenvalue weighted by Gasteiger charge is -2.15. The van der Waals surface area contributed by atoms with Crippen LogP contribution in [-0.2, 0) is 6.42 Å². The molecule has 2 heteroatoms. The molecule has 1 unspecified atom stereocenters.